The highest BCUT2D eigenvalue weighted by Gasteiger charge is 2.48. The summed E-state index contributed by atoms with van der Waals surface area (Å²) >= 11 is 0. The maximum atomic E-state index is 12.3. The summed E-state index contributed by atoms with van der Waals surface area (Å²) in [5.74, 6) is -0.273. The van der Waals surface area contributed by atoms with Gasteiger partial charge in [0.2, 0.25) is 5.88 Å². The predicted molar refractivity (Wildman–Crippen MR) is 89.9 cm³/mol. The Balaban J connectivity index is 2.21. The molecule has 3 N–H and O–H groups in total. The summed E-state index contributed by atoms with van der Waals surface area (Å²) in [6.45, 7) is 1.96. The van der Waals surface area contributed by atoms with Crippen LogP contribution < -0.4 is 20.0 Å². The van der Waals surface area contributed by atoms with Crippen molar-refractivity contribution in [3.05, 3.63) is 35.9 Å². The molecule has 8 nitrogen and oxygen atoms in total. The van der Waals surface area contributed by atoms with Gasteiger partial charge >= 0.3 is 15.6 Å². The molecule has 27 heavy (non-hydrogen) atoms. The number of ether oxygens (including phenoxy) is 1. The molecule has 144 valence electrons. The number of nitrogens with zero attached hydrogens (tertiary/aromatic N) is 2. The van der Waals surface area contributed by atoms with E-state index in [0.29, 0.717) is 5.69 Å². The van der Waals surface area contributed by atoms with Gasteiger partial charge in [-0.05, 0) is 31.2 Å². The fraction of sp³-hybridized carbons (Fsp3) is 0.200. The lowest BCUT2D eigenvalue weighted by molar-refractivity contribution is -0.0500. The van der Waals surface area contributed by atoms with Gasteiger partial charge in [0.25, 0.3) is 0 Å². The third-order valence-electron chi connectivity index (χ3n) is 3.03. The molecule has 2 aromatic rings. The molecule has 0 saturated carbocycles. The number of nitrogens with one attached hydrogen (secondary N) is 1. The van der Waals surface area contributed by atoms with E-state index in [1.54, 1.807) is 6.92 Å². The molecule has 0 spiro atoms. The van der Waals surface area contributed by atoms with Gasteiger partial charge in [-0.3, -0.25) is 0 Å². The normalized spacial score (nSPS) is 11.5. The molecule has 1 heterocycles. The van der Waals surface area contributed by atoms with Crippen LogP contribution in [0.15, 0.2) is 30.3 Å². The average molecular weight is 402 g/mol. The molecule has 0 bridgehead atoms. The molecule has 12 heteroatoms. The SMILES string of the molecule is CCOc1nc(Nc2ccc(OS(=O)(=O)C(F)(F)F)cc2)cc(N)c1C#N. The van der Waals surface area contributed by atoms with Crippen LogP contribution in [-0.2, 0) is 10.1 Å². The van der Waals surface area contributed by atoms with Crippen molar-refractivity contribution in [2.24, 2.45) is 0 Å². The van der Waals surface area contributed by atoms with Crippen LogP contribution in [0.3, 0.4) is 0 Å². The Bertz CT molecular complexity index is 970. The molecule has 0 amide bonds. The summed E-state index contributed by atoms with van der Waals surface area (Å²) in [5, 5.41) is 11.9. The lowest BCUT2D eigenvalue weighted by Gasteiger charge is -2.12. The van der Waals surface area contributed by atoms with Gasteiger partial charge in [0.05, 0.1) is 12.3 Å². The smallest absolute Gasteiger partial charge is 0.477 e. The highest BCUT2D eigenvalue weighted by atomic mass is 32.2. The number of pyridine rings is 1. The number of alkyl halides is 3. The Morgan fingerprint density at radius 3 is 2.44 bits per heavy atom. The molecule has 0 atom stereocenters. The van der Waals surface area contributed by atoms with Crippen molar-refractivity contribution >= 4 is 27.3 Å². The number of nitrogens with two attached hydrogens (primary N) is 1. The van der Waals surface area contributed by atoms with Crippen molar-refractivity contribution in [2.75, 3.05) is 17.7 Å². The van der Waals surface area contributed by atoms with Crippen molar-refractivity contribution in [3.8, 4) is 17.7 Å². The number of halogens is 3. The van der Waals surface area contributed by atoms with Crippen LogP contribution in [0, 0.1) is 11.3 Å². The molecule has 0 aliphatic carbocycles. The topological polar surface area (TPSA) is 127 Å². The van der Waals surface area contributed by atoms with Gasteiger partial charge in [0.1, 0.15) is 23.2 Å². The predicted octanol–water partition coefficient (Wildman–Crippen LogP) is 2.91. The van der Waals surface area contributed by atoms with Gasteiger partial charge in [0.15, 0.2) is 0 Å². The van der Waals surface area contributed by atoms with E-state index in [2.05, 4.69) is 14.5 Å². The van der Waals surface area contributed by atoms with E-state index in [9.17, 15) is 21.6 Å². The summed E-state index contributed by atoms with van der Waals surface area (Å²) in [4.78, 5) is 4.09. The maximum Gasteiger partial charge on any atom is 0.534 e. The first-order chi connectivity index (χ1) is 12.6. The minimum absolute atomic E-state index is 0.0266. The first-order valence-electron chi connectivity index (χ1n) is 7.28. The van der Waals surface area contributed by atoms with E-state index in [-0.39, 0.29) is 29.6 Å². The second kappa shape index (κ2) is 7.58. The van der Waals surface area contributed by atoms with E-state index in [0.717, 1.165) is 12.1 Å². The summed E-state index contributed by atoms with van der Waals surface area (Å²) in [6.07, 6.45) is 0. The number of anilines is 3. The Kier molecular flexibility index (Phi) is 5.65. The van der Waals surface area contributed by atoms with Gasteiger partial charge < -0.3 is 20.0 Å². The van der Waals surface area contributed by atoms with Crippen molar-refractivity contribution in [2.45, 2.75) is 12.4 Å². The molecule has 1 aromatic heterocycles. The third kappa shape index (κ3) is 4.70. The number of aromatic nitrogens is 1. The first-order valence-corrected chi connectivity index (χ1v) is 8.69. The van der Waals surface area contributed by atoms with E-state index in [1.807, 2.05) is 6.07 Å². The van der Waals surface area contributed by atoms with Crippen LogP contribution in [0.5, 0.6) is 11.6 Å². The first kappa shape index (κ1) is 20.1. The molecule has 0 saturated heterocycles. The second-order valence-electron chi connectivity index (χ2n) is 4.95. The lowest BCUT2D eigenvalue weighted by Crippen LogP contribution is -2.28. The fourth-order valence-electron chi connectivity index (χ4n) is 1.87. The zero-order valence-corrected chi connectivity index (χ0v) is 14.6. The fourth-order valence-corrected chi connectivity index (χ4v) is 2.33. The van der Waals surface area contributed by atoms with Crippen molar-refractivity contribution in [3.63, 3.8) is 0 Å². The molecule has 0 unspecified atom stereocenters. The van der Waals surface area contributed by atoms with Gasteiger partial charge in [-0.25, -0.2) is 0 Å². The van der Waals surface area contributed by atoms with Crippen LogP contribution in [0.4, 0.5) is 30.4 Å². The Morgan fingerprint density at radius 2 is 1.93 bits per heavy atom. The van der Waals surface area contributed by atoms with Crippen LogP contribution in [0.1, 0.15) is 12.5 Å². The quantitative estimate of drug-likeness (QED) is 0.558. The third-order valence-corrected chi connectivity index (χ3v) is 4.00. The zero-order valence-electron chi connectivity index (χ0n) is 13.7. The Morgan fingerprint density at radius 1 is 1.30 bits per heavy atom. The highest BCUT2D eigenvalue weighted by Crippen LogP contribution is 2.29. The molecule has 0 aliphatic rings. The second-order valence-corrected chi connectivity index (χ2v) is 6.49. The number of rotatable bonds is 6. The largest absolute Gasteiger partial charge is 0.534 e. The number of hydrogen-bond donors (Lipinski definition) is 2. The number of hydrogen-bond acceptors (Lipinski definition) is 8. The lowest BCUT2D eigenvalue weighted by atomic mass is 10.2. The van der Waals surface area contributed by atoms with Crippen LogP contribution >= 0.6 is 0 Å². The molecular formula is C15H13F3N4O4S. The number of benzene rings is 1. The van der Waals surface area contributed by atoms with Gasteiger partial charge in [-0.1, -0.05) is 0 Å². The van der Waals surface area contributed by atoms with Crippen LogP contribution in [0.2, 0.25) is 0 Å². The molecule has 2 rings (SSSR count). The summed E-state index contributed by atoms with van der Waals surface area (Å²) in [5.41, 5.74) is 0.796. The van der Waals surface area contributed by atoms with Gasteiger partial charge in [-0.15, -0.1) is 0 Å². The molecule has 0 aliphatic heterocycles. The maximum absolute atomic E-state index is 12.3. The van der Waals surface area contributed by atoms with Crippen molar-refractivity contribution < 1.29 is 30.5 Å². The number of nitriles is 1. The molecule has 0 fully saturated rings. The van der Waals surface area contributed by atoms with Crippen molar-refractivity contribution in [1.29, 1.82) is 5.26 Å². The standard InChI is InChI=1S/C15H13F3N4O4S/c1-2-25-14-11(8-19)12(20)7-13(22-14)21-9-3-5-10(6-4-9)26-27(23,24)15(16,17)18/h3-7H,2H2,1H3,(H3,20,21,22). The van der Waals surface area contributed by atoms with E-state index >= 15 is 0 Å². The zero-order chi connectivity index (χ0) is 20.2. The Labute approximate surface area is 152 Å². The van der Waals surface area contributed by atoms with Crippen LogP contribution in [0.25, 0.3) is 0 Å². The van der Waals surface area contributed by atoms with E-state index in [1.165, 1.54) is 18.2 Å². The van der Waals surface area contributed by atoms with E-state index < -0.39 is 21.4 Å². The van der Waals surface area contributed by atoms with E-state index in [4.69, 9.17) is 15.7 Å². The van der Waals surface area contributed by atoms with Crippen LogP contribution in [-0.4, -0.2) is 25.5 Å². The molecule has 0 radical (unpaired) electrons. The molecule has 1 aromatic carbocycles. The summed E-state index contributed by atoms with van der Waals surface area (Å²) in [6, 6.07) is 7.86. The summed E-state index contributed by atoms with van der Waals surface area (Å²) < 4.78 is 68.1. The van der Waals surface area contributed by atoms with Gasteiger partial charge in [-0.2, -0.15) is 31.8 Å². The van der Waals surface area contributed by atoms with Gasteiger partial charge in [0, 0.05) is 11.8 Å². The average Bonchev–Trinajstić information content (AvgIpc) is 2.55. The van der Waals surface area contributed by atoms with Crippen molar-refractivity contribution in [1.82, 2.24) is 4.98 Å². The minimum atomic E-state index is -5.74. The molecular weight excluding hydrogens is 389 g/mol. The number of nitrogen functional groups attached to an aromatic ring is 1. The monoisotopic (exact) mass is 402 g/mol. The summed E-state index contributed by atoms with van der Waals surface area (Å²) in [7, 11) is -5.74. The highest BCUT2D eigenvalue weighted by molar-refractivity contribution is 7.88. The Hall–Kier alpha value is -3.20. The minimum Gasteiger partial charge on any atom is -0.477 e.